The Labute approximate surface area is 122 Å². The van der Waals surface area contributed by atoms with Crippen molar-refractivity contribution in [1.82, 2.24) is 5.32 Å². The van der Waals surface area contributed by atoms with Crippen molar-refractivity contribution in [2.75, 3.05) is 6.54 Å². The minimum atomic E-state index is -0.438. The van der Waals surface area contributed by atoms with Crippen molar-refractivity contribution < 1.29 is 8.78 Å². The summed E-state index contributed by atoms with van der Waals surface area (Å²) >= 11 is 5.84. The first-order valence-electron chi connectivity index (χ1n) is 6.56. The highest BCUT2D eigenvalue weighted by molar-refractivity contribution is 6.30. The Hall–Kier alpha value is -1.45. The van der Waals surface area contributed by atoms with Gasteiger partial charge in [0.15, 0.2) is 0 Å². The largest absolute Gasteiger partial charge is 0.306 e. The predicted molar refractivity (Wildman–Crippen MR) is 77.9 cm³/mol. The Morgan fingerprint density at radius 2 is 1.80 bits per heavy atom. The summed E-state index contributed by atoms with van der Waals surface area (Å²) in [6.45, 7) is 2.76. The third-order valence-corrected chi connectivity index (χ3v) is 3.39. The summed E-state index contributed by atoms with van der Waals surface area (Å²) in [6, 6.07) is 10.6. The molecule has 0 fully saturated rings. The van der Waals surface area contributed by atoms with Gasteiger partial charge in [-0.05, 0) is 36.7 Å². The smallest absolute Gasteiger partial charge is 0.146 e. The Kier molecular flexibility index (Phi) is 5.10. The Morgan fingerprint density at radius 3 is 2.45 bits per heavy atom. The maximum atomic E-state index is 14.2. The van der Waals surface area contributed by atoms with E-state index < -0.39 is 5.82 Å². The van der Waals surface area contributed by atoms with Crippen molar-refractivity contribution in [3.05, 3.63) is 70.2 Å². The van der Waals surface area contributed by atoms with Crippen LogP contribution in [0.5, 0.6) is 0 Å². The maximum absolute atomic E-state index is 14.2. The Balaban J connectivity index is 2.41. The fraction of sp³-hybridized carbons (Fsp3) is 0.250. The lowest BCUT2D eigenvalue weighted by Crippen LogP contribution is -2.24. The van der Waals surface area contributed by atoms with Crippen LogP contribution in [0.25, 0.3) is 0 Å². The summed E-state index contributed by atoms with van der Waals surface area (Å²) in [5.74, 6) is -0.748. The summed E-state index contributed by atoms with van der Waals surface area (Å²) in [4.78, 5) is 0. The molecule has 106 valence electrons. The molecule has 1 unspecified atom stereocenters. The Morgan fingerprint density at radius 1 is 1.10 bits per heavy atom. The van der Waals surface area contributed by atoms with Gasteiger partial charge in [0, 0.05) is 5.56 Å². The predicted octanol–water partition coefficient (Wildman–Crippen LogP) is 4.71. The van der Waals surface area contributed by atoms with Crippen molar-refractivity contribution >= 4 is 11.6 Å². The molecule has 0 aromatic heterocycles. The van der Waals surface area contributed by atoms with E-state index in [-0.39, 0.29) is 16.9 Å². The van der Waals surface area contributed by atoms with E-state index in [0.717, 1.165) is 18.5 Å². The van der Waals surface area contributed by atoms with Crippen LogP contribution in [0.1, 0.15) is 30.5 Å². The number of nitrogens with one attached hydrogen (secondary N) is 1. The maximum Gasteiger partial charge on any atom is 0.146 e. The van der Waals surface area contributed by atoms with Gasteiger partial charge < -0.3 is 5.32 Å². The van der Waals surface area contributed by atoms with Crippen LogP contribution in [0.15, 0.2) is 42.5 Å². The lowest BCUT2D eigenvalue weighted by atomic mass is 9.98. The number of hydrogen-bond acceptors (Lipinski definition) is 1. The number of halogens is 3. The lowest BCUT2D eigenvalue weighted by Gasteiger charge is -2.20. The molecule has 0 heterocycles. The summed E-state index contributed by atoms with van der Waals surface area (Å²) in [7, 11) is 0. The summed E-state index contributed by atoms with van der Waals surface area (Å²) in [5, 5.41) is 3.36. The first-order chi connectivity index (χ1) is 9.63. The van der Waals surface area contributed by atoms with Crippen molar-refractivity contribution in [2.24, 2.45) is 0 Å². The van der Waals surface area contributed by atoms with E-state index in [1.165, 1.54) is 18.2 Å². The van der Waals surface area contributed by atoms with Crippen LogP contribution in [-0.2, 0) is 0 Å². The van der Waals surface area contributed by atoms with Gasteiger partial charge in [-0.3, -0.25) is 0 Å². The highest BCUT2D eigenvalue weighted by Gasteiger charge is 2.18. The quantitative estimate of drug-likeness (QED) is 0.842. The van der Waals surface area contributed by atoms with Crippen molar-refractivity contribution in [2.45, 2.75) is 19.4 Å². The zero-order valence-electron chi connectivity index (χ0n) is 11.2. The minimum Gasteiger partial charge on any atom is -0.306 e. The second-order valence-electron chi connectivity index (χ2n) is 4.58. The molecule has 1 atom stereocenters. The highest BCUT2D eigenvalue weighted by atomic mass is 35.5. The van der Waals surface area contributed by atoms with Gasteiger partial charge in [-0.1, -0.05) is 42.8 Å². The molecule has 4 heteroatoms. The molecule has 20 heavy (non-hydrogen) atoms. The summed E-state index contributed by atoms with van der Waals surface area (Å²) < 4.78 is 27.2. The topological polar surface area (TPSA) is 12.0 Å². The number of rotatable bonds is 5. The number of hydrogen-bond donors (Lipinski definition) is 1. The molecule has 0 aliphatic heterocycles. The molecule has 1 N–H and O–H groups in total. The van der Waals surface area contributed by atoms with E-state index in [1.54, 1.807) is 24.3 Å². The molecule has 0 bridgehead atoms. The number of benzene rings is 2. The normalized spacial score (nSPS) is 12.4. The molecule has 0 saturated carbocycles. The van der Waals surface area contributed by atoms with E-state index in [2.05, 4.69) is 5.32 Å². The van der Waals surface area contributed by atoms with Gasteiger partial charge in [-0.25, -0.2) is 8.78 Å². The molecular weight excluding hydrogens is 280 g/mol. The third-order valence-electron chi connectivity index (χ3n) is 3.09. The SMILES string of the molecule is CCCNC(c1ccc(F)cc1)c1cccc(Cl)c1F. The molecule has 0 aliphatic carbocycles. The van der Waals surface area contributed by atoms with Crippen LogP contribution in [0, 0.1) is 11.6 Å². The van der Waals surface area contributed by atoms with Gasteiger partial charge in [0.2, 0.25) is 0 Å². The fourth-order valence-electron chi connectivity index (χ4n) is 2.09. The van der Waals surface area contributed by atoms with Gasteiger partial charge in [0.25, 0.3) is 0 Å². The molecule has 2 aromatic carbocycles. The monoisotopic (exact) mass is 295 g/mol. The first kappa shape index (κ1) is 14.9. The van der Waals surface area contributed by atoms with E-state index in [9.17, 15) is 8.78 Å². The van der Waals surface area contributed by atoms with E-state index in [4.69, 9.17) is 11.6 Å². The molecule has 0 saturated heterocycles. The van der Waals surface area contributed by atoms with Gasteiger partial charge in [-0.2, -0.15) is 0 Å². The molecule has 0 radical (unpaired) electrons. The third kappa shape index (κ3) is 3.35. The zero-order chi connectivity index (χ0) is 14.5. The molecule has 0 aliphatic rings. The van der Waals surface area contributed by atoms with Crippen molar-refractivity contribution in [3.63, 3.8) is 0 Å². The molecule has 0 amide bonds. The second kappa shape index (κ2) is 6.82. The Bertz CT molecular complexity index is 569. The van der Waals surface area contributed by atoms with Crippen molar-refractivity contribution in [1.29, 1.82) is 0 Å². The first-order valence-corrected chi connectivity index (χ1v) is 6.94. The van der Waals surface area contributed by atoms with Crippen LogP contribution in [0.4, 0.5) is 8.78 Å². The van der Waals surface area contributed by atoms with Crippen molar-refractivity contribution in [3.8, 4) is 0 Å². The molecule has 0 spiro atoms. The zero-order valence-corrected chi connectivity index (χ0v) is 11.9. The van der Waals surface area contributed by atoms with Crippen LogP contribution >= 0.6 is 11.6 Å². The van der Waals surface area contributed by atoms with Crippen LogP contribution in [0.2, 0.25) is 5.02 Å². The molecular formula is C16H16ClF2N. The second-order valence-corrected chi connectivity index (χ2v) is 4.99. The van der Waals surface area contributed by atoms with Gasteiger partial charge in [0.05, 0.1) is 11.1 Å². The van der Waals surface area contributed by atoms with E-state index in [0.29, 0.717) is 5.56 Å². The summed E-state index contributed by atoms with van der Waals surface area (Å²) in [6.07, 6.45) is 0.917. The lowest BCUT2D eigenvalue weighted by molar-refractivity contribution is 0.546. The average molecular weight is 296 g/mol. The molecule has 2 aromatic rings. The van der Waals surface area contributed by atoms with Crippen LogP contribution in [-0.4, -0.2) is 6.54 Å². The molecule has 1 nitrogen and oxygen atoms in total. The van der Waals surface area contributed by atoms with Gasteiger partial charge in [-0.15, -0.1) is 0 Å². The highest BCUT2D eigenvalue weighted by Crippen LogP contribution is 2.28. The fourth-order valence-corrected chi connectivity index (χ4v) is 2.28. The average Bonchev–Trinajstić information content (AvgIpc) is 2.45. The minimum absolute atomic E-state index is 0.0907. The van der Waals surface area contributed by atoms with Crippen LogP contribution in [0.3, 0.4) is 0 Å². The standard InChI is InChI=1S/C16H16ClF2N/c1-2-10-20-16(11-6-8-12(18)9-7-11)13-4-3-5-14(17)15(13)19/h3-9,16,20H,2,10H2,1H3. The van der Waals surface area contributed by atoms with Crippen LogP contribution < -0.4 is 5.32 Å². The van der Waals surface area contributed by atoms with Gasteiger partial charge in [0.1, 0.15) is 11.6 Å². The molecule has 2 rings (SSSR count). The summed E-state index contributed by atoms with van der Waals surface area (Å²) in [5.41, 5.74) is 1.28. The van der Waals surface area contributed by atoms with Gasteiger partial charge >= 0.3 is 0 Å². The van der Waals surface area contributed by atoms with E-state index in [1.807, 2.05) is 6.92 Å². The van der Waals surface area contributed by atoms with E-state index >= 15 is 0 Å².